The molecule has 0 fully saturated rings. The van der Waals surface area contributed by atoms with Crippen LogP contribution < -0.4 is 5.73 Å². The van der Waals surface area contributed by atoms with Gasteiger partial charge in [-0.25, -0.2) is 0 Å². The molecular formula is C13H18N2O3. The smallest absolute Gasteiger partial charge is 0.317 e. The number of carboxylic acids is 1. The molecule has 0 spiro atoms. The second-order valence-electron chi connectivity index (χ2n) is 4.38. The van der Waals surface area contributed by atoms with E-state index in [1.807, 2.05) is 13.0 Å². The minimum atomic E-state index is -0.899. The quantitative estimate of drug-likeness (QED) is 0.585. The molecule has 0 bridgehead atoms. The van der Waals surface area contributed by atoms with E-state index in [1.54, 1.807) is 24.1 Å². The van der Waals surface area contributed by atoms with Crippen LogP contribution in [0.25, 0.3) is 0 Å². The molecule has 0 radical (unpaired) electrons. The Hall–Kier alpha value is -1.88. The van der Waals surface area contributed by atoms with Crippen LogP contribution in [-0.4, -0.2) is 41.9 Å². The third kappa shape index (κ3) is 4.18. The Morgan fingerprint density at radius 1 is 1.39 bits per heavy atom. The van der Waals surface area contributed by atoms with Crippen LogP contribution in [0.3, 0.4) is 0 Å². The summed E-state index contributed by atoms with van der Waals surface area (Å²) in [4.78, 5) is 23.9. The van der Waals surface area contributed by atoms with Crippen molar-refractivity contribution in [3.8, 4) is 0 Å². The molecule has 1 aromatic rings. The zero-order valence-electron chi connectivity index (χ0n) is 10.6. The fraction of sp³-hybridized carbons (Fsp3) is 0.385. The van der Waals surface area contributed by atoms with E-state index in [9.17, 15) is 9.59 Å². The number of carbonyl (C=O) groups is 2. The molecule has 0 heterocycles. The molecule has 18 heavy (non-hydrogen) atoms. The number of aliphatic carboxylic acids is 1. The lowest BCUT2D eigenvalue weighted by Crippen LogP contribution is -2.27. The Labute approximate surface area is 106 Å². The zero-order valence-corrected chi connectivity index (χ0v) is 10.6. The van der Waals surface area contributed by atoms with E-state index >= 15 is 0 Å². The number of hydrogen-bond donors (Lipinski definition) is 2. The van der Waals surface area contributed by atoms with Gasteiger partial charge in [0.2, 0.25) is 0 Å². The number of carboxylic acid groups (broad SMARTS) is 1. The van der Waals surface area contributed by atoms with Gasteiger partial charge < -0.3 is 10.8 Å². The predicted octanol–water partition coefficient (Wildman–Crippen LogP) is 1.17. The fourth-order valence-electron chi connectivity index (χ4n) is 1.56. The Balaban J connectivity index is 2.55. The average molecular weight is 250 g/mol. The van der Waals surface area contributed by atoms with Crippen molar-refractivity contribution in [3.63, 3.8) is 0 Å². The number of nitrogens with two attached hydrogens (primary N) is 1. The predicted molar refractivity (Wildman–Crippen MR) is 69.7 cm³/mol. The standard InChI is InChI=1S/C13H18N2O3/c1-9-3-4-10(7-11(9)14)12(16)5-6-15(2)8-13(17)18/h3-4,7H,5-6,8,14H2,1-2H3,(H,17,18). The van der Waals surface area contributed by atoms with Crippen molar-refractivity contribution in [2.45, 2.75) is 13.3 Å². The summed E-state index contributed by atoms with van der Waals surface area (Å²) < 4.78 is 0. The summed E-state index contributed by atoms with van der Waals surface area (Å²) in [5.41, 5.74) is 7.85. The van der Waals surface area contributed by atoms with Crippen LogP contribution in [0.1, 0.15) is 22.3 Å². The van der Waals surface area contributed by atoms with E-state index in [0.29, 0.717) is 17.8 Å². The maximum absolute atomic E-state index is 11.9. The molecule has 3 N–H and O–H groups in total. The first kappa shape index (κ1) is 14.2. The molecule has 1 rings (SSSR count). The summed E-state index contributed by atoms with van der Waals surface area (Å²) in [6, 6.07) is 5.21. The first-order valence-electron chi connectivity index (χ1n) is 5.70. The second kappa shape index (κ2) is 6.16. The monoisotopic (exact) mass is 250 g/mol. The number of rotatable bonds is 6. The highest BCUT2D eigenvalue weighted by Crippen LogP contribution is 2.14. The largest absolute Gasteiger partial charge is 0.480 e. The summed E-state index contributed by atoms with van der Waals surface area (Å²) in [5.74, 6) is -0.927. The highest BCUT2D eigenvalue weighted by atomic mass is 16.4. The number of carbonyl (C=O) groups excluding carboxylic acids is 1. The number of anilines is 1. The van der Waals surface area contributed by atoms with Crippen LogP contribution in [0, 0.1) is 6.92 Å². The van der Waals surface area contributed by atoms with E-state index in [4.69, 9.17) is 10.8 Å². The summed E-state index contributed by atoms with van der Waals surface area (Å²) in [6.45, 7) is 2.23. The van der Waals surface area contributed by atoms with E-state index in [1.165, 1.54) is 0 Å². The number of hydrogen-bond acceptors (Lipinski definition) is 4. The van der Waals surface area contributed by atoms with Crippen LogP contribution in [0.2, 0.25) is 0 Å². The van der Waals surface area contributed by atoms with E-state index in [0.717, 1.165) is 5.56 Å². The van der Waals surface area contributed by atoms with Gasteiger partial charge in [-0.05, 0) is 25.6 Å². The Bertz CT molecular complexity index is 458. The molecule has 5 nitrogen and oxygen atoms in total. The van der Waals surface area contributed by atoms with Gasteiger partial charge in [0, 0.05) is 24.2 Å². The zero-order chi connectivity index (χ0) is 13.7. The van der Waals surface area contributed by atoms with E-state index < -0.39 is 5.97 Å². The van der Waals surface area contributed by atoms with Crippen LogP contribution in [0.5, 0.6) is 0 Å². The Morgan fingerprint density at radius 3 is 2.61 bits per heavy atom. The molecule has 0 aliphatic carbocycles. The van der Waals surface area contributed by atoms with Gasteiger partial charge in [-0.15, -0.1) is 0 Å². The lowest BCUT2D eigenvalue weighted by Gasteiger charge is -2.13. The molecule has 0 aliphatic heterocycles. The maximum atomic E-state index is 11.9. The highest BCUT2D eigenvalue weighted by Gasteiger charge is 2.10. The summed E-state index contributed by atoms with van der Waals surface area (Å²) in [6.07, 6.45) is 0.284. The topological polar surface area (TPSA) is 83.6 Å². The van der Waals surface area contributed by atoms with Crippen LogP contribution in [-0.2, 0) is 4.79 Å². The van der Waals surface area contributed by atoms with Gasteiger partial charge in [-0.3, -0.25) is 14.5 Å². The first-order valence-corrected chi connectivity index (χ1v) is 5.70. The minimum Gasteiger partial charge on any atom is -0.480 e. The third-order valence-electron chi connectivity index (χ3n) is 2.73. The number of aryl methyl sites for hydroxylation is 1. The molecule has 0 atom stereocenters. The lowest BCUT2D eigenvalue weighted by molar-refractivity contribution is -0.137. The fourth-order valence-corrected chi connectivity index (χ4v) is 1.56. The number of benzene rings is 1. The highest BCUT2D eigenvalue weighted by molar-refractivity contribution is 5.97. The molecule has 0 amide bonds. The minimum absolute atomic E-state index is 0.0288. The number of ketones is 1. The Morgan fingerprint density at radius 2 is 2.06 bits per heavy atom. The van der Waals surface area contributed by atoms with Crippen molar-refractivity contribution in [3.05, 3.63) is 29.3 Å². The molecule has 0 aliphatic rings. The van der Waals surface area contributed by atoms with Gasteiger partial charge in [-0.1, -0.05) is 12.1 Å². The van der Waals surface area contributed by atoms with E-state index in [2.05, 4.69) is 0 Å². The molecular weight excluding hydrogens is 232 g/mol. The van der Waals surface area contributed by atoms with Crippen molar-refractivity contribution in [1.29, 1.82) is 0 Å². The summed E-state index contributed by atoms with van der Waals surface area (Å²) >= 11 is 0. The van der Waals surface area contributed by atoms with Crippen LogP contribution in [0.4, 0.5) is 5.69 Å². The van der Waals surface area contributed by atoms with Gasteiger partial charge in [-0.2, -0.15) is 0 Å². The van der Waals surface area contributed by atoms with E-state index in [-0.39, 0.29) is 18.7 Å². The number of nitrogen functional groups attached to an aromatic ring is 1. The van der Waals surface area contributed by atoms with Crippen LogP contribution in [0.15, 0.2) is 18.2 Å². The summed E-state index contributed by atoms with van der Waals surface area (Å²) in [5, 5.41) is 8.59. The van der Waals surface area contributed by atoms with Crippen molar-refractivity contribution in [2.24, 2.45) is 0 Å². The molecule has 5 heteroatoms. The van der Waals surface area contributed by atoms with Gasteiger partial charge in [0.25, 0.3) is 0 Å². The molecule has 0 aromatic heterocycles. The molecule has 0 saturated carbocycles. The average Bonchev–Trinajstić information content (AvgIpc) is 2.28. The van der Waals surface area contributed by atoms with Crippen molar-refractivity contribution in [2.75, 3.05) is 25.9 Å². The normalized spacial score (nSPS) is 10.6. The molecule has 1 aromatic carbocycles. The van der Waals surface area contributed by atoms with Gasteiger partial charge in [0.1, 0.15) is 0 Å². The molecule has 0 unspecified atom stereocenters. The van der Waals surface area contributed by atoms with Crippen LogP contribution >= 0.6 is 0 Å². The third-order valence-corrected chi connectivity index (χ3v) is 2.73. The summed E-state index contributed by atoms with van der Waals surface area (Å²) in [7, 11) is 1.67. The van der Waals surface area contributed by atoms with Crippen molar-refractivity contribution >= 4 is 17.4 Å². The van der Waals surface area contributed by atoms with Gasteiger partial charge in [0.05, 0.1) is 6.54 Å². The van der Waals surface area contributed by atoms with Crippen molar-refractivity contribution < 1.29 is 14.7 Å². The second-order valence-corrected chi connectivity index (χ2v) is 4.38. The maximum Gasteiger partial charge on any atom is 0.317 e. The number of Topliss-reactive ketones (excluding diaryl/α,β-unsaturated/α-hetero) is 1. The molecule has 0 saturated heterocycles. The first-order chi connectivity index (χ1) is 8.40. The number of likely N-dealkylation sites (N-methyl/N-ethyl adjacent to an activating group) is 1. The van der Waals surface area contributed by atoms with Gasteiger partial charge in [0.15, 0.2) is 5.78 Å². The lowest BCUT2D eigenvalue weighted by atomic mass is 10.0. The molecule has 98 valence electrons. The number of nitrogens with zero attached hydrogens (tertiary/aromatic N) is 1. The van der Waals surface area contributed by atoms with Gasteiger partial charge >= 0.3 is 5.97 Å². The Kier molecular flexibility index (Phi) is 4.85. The van der Waals surface area contributed by atoms with Crippen molar-refractivity contribution in [1.82, 2.24) is 4.90 Å². The SMILES string of the molecule is Cc1ccc(C(=O)CCN(C)CC(=O)O)cc1N.